The Morgan fingerprint density at radius 3 is 3.00 bits per heavy atom. The Morgan fingerprint density at radius 2 is 2.35 bits per heavy atom. The van der Waals surface area contributed by atoms with E-state index in [2.05, 4.69) is 5.32 Å². The van der Waals surface area contributed by atoms with Crippen LogP contribution >= 0.6 is 11.6 Å². The van der Waals surface area contributed by atoms with Gasteiger partial charge in [-0.25, -0.2) is 0 Å². The molecule has 1 saturated heterocycles. The Morgan fingerprint density at radius 1 is 1.61 bits per heavy atom. The van der Waals surface area contributed by atoms with E-state index >= 15 is 0 Å². The third kappa shape index (κ3) is 4.33. The van der Waals surface area contributed by atoms with Crippen LogP contribution in [0.25, 0.3) is 0 Å². The highest BCUT2D eigenvalue weighted by atomic mass is 35.5. The minimum absolute atomic E-state index is 0.0474. The minimum Gasteiger partial charge on any atom is -0.474 e. The second-order valence-corrected chi connectivity index (χ2v) is 6.06. The third-order valence-corrected chi connectivity index (χ3v) is 4.09. The average molecular weight is 342 g/mol. The molecule has 0 aromatic heterocycles. The molecule has 0 radical (unpaired) electrons. The van der Waals surface area contributed by atoms with Crippen LogP contribution in [0.3, 0.4) is 0 Å². The number of rotatable bonds is 6. The van der Waals surface area contributed by atoms with Crippen LogP contribution in [-0.4, -0.2) is 48.5 Å². The number of hydrogen-bond donors (Lipinski definition) is 1. The first-order valence-electron chi connectivity index (χ1n) is 7.46. The van der Waals surface area contributed by atoms with Crippen molar-refractivity contribution in [3.05, 3.63) is 33.3 Å². The van der Waals surface area contributed by atoms with Gasteiger partial charge in [-0.3, -0.25) is 14.9 Å². The molecule has 1 aromatic rings. The molecule has 0 spiro atoms. The van der Waals surface area contributed by atoms with Crippen LogP contribution in [0.15, 0.2) is 18.2 Å². The van der Waals surface area contributed by atoms with E-state index in [1.165, 1.54) is 18.2 Å². The van der Waals surface area contributed by atoms with Crippen molar-refractivity contribution in [2.24, 2.45) is 5.92 Å². The summed E-state index contributed by atoms with van der Waals surface area (Å²) in [6.07, 6.45) is 0.156. The maximum Gasteiger partial charge on any atom is 0.312 e. The van der Waals surface area contributed by atoms with E-state index in [0.29, 0.717) is 19.0 Å². The molecule has 1 aliphatic heterocycles. The molecule has 1 aromatic carbocycles. The smallest absolute Gasteiger partial charge is 0.312 e. The quantitative estimate of drug-likeness (QED) is 0.632. The summed E-state index contributed by atoms with van der Waals surface area (Å²) in [4.78, 5) is 24.7. The fraction of sp³-hybridized carbons (Fsp3) is 0.533. The number of halogens is 1. The number of nitro groups is 1. The fourth-order valence-corrected chi connectivity index (χ4v) is 2.89. The second kappa shape index (κ2) is 7.61. The average Bonchev–Trinajstić information content (AvgIpc) is 2.97. The molecule has 1 heterocycles. The molecule has 23 heavy (non-hydrogen) atoms. The van der Waals surface area contributed by atoms with Gasteiger partial charge in [-0.1, -0.05) is 11.6 Å². The zero-order valence-corrected chi connectivity index (χ0v) is 13.9. The number of amides is 1. The van der Waals surface area contributed by atoms with Crippen molar-refractivity contribution >= 4 is 23.2 Å². The first kappa shape index (κ1) is 17.5. The van der Waals surface area contributed by atoms with Crippen molar-refractivity contribution in [2.75, 3.05) is 26.7 Å². The van der Waals surface area contributed by atoms with Crippen molar-refractivity contribution in [3.63, 3.8) is 0 Å². The topological polar surface area (TPSA) is 84.7 Å². The number of nitro benzene ring substituents is 1. The van der Waals surface area contributed by atoms with Gasteiger partial charge in [-0.2, -0.15) is 0 Å². The minimum atomic E-state index is -0.789. The van der Waals surface area contributed by atoms with Crippen molar-refractivity contribution < 1.29 is 14.5 Å². The maximum absolute atomic E-state index is 12.4. The monoisotopic (exact) mass is 341 g/mol. The lowest BCUT2D eigenvalue weighted by atomic mass is 10.1. The first-order valence-corrected chi connectivity index (χ1v) is 7.84. The molecule has 126 valence electrons. The number of nitrogens with one attached hydrogen (secondary N) is 1. The summed E-state index contributed by atoms with van der Waals surface area (Å²) in [6.45, 7) is 3.82. The number of carbonyl (C=O) groups excluding carboxylic acids is 1. The van der Waals surface area contributed by atoms with Crippen molar-refractivity contribution in [2.45, 2.75) is 19.4 Å². The van der Waals surface area contributed by atoms with Gasteiger partial charge in [-0.15, -0.1) is 0 Å². The van der Waals surface area contributed by atoms with Crippen LogP contribution in [0.5, 0.6) is 5.75 Å². The molecular weight excluding hydrogens is 322 g/mol. The molecule has 2 rings (SSSR count). The molecule has 0 saturated carbocycles. The Balaban J connectivity index is 2.03. The molecule has 2 unspecified atom stereocenters. The van der Waals surface area contributed by atoms with Crippen LogP contribution in [0, 0.1) is 16.0 Å². The van der Waals surface area contributed by atoms with Crippen LogP contribution in [0.2, 0.25) is 5.02 Å². The fourth-order valence-electron chi connectivity index (χ4n) is 2.72. The summed E-state index contributed by atoms with van der Waals surface area (Å²) in [5.74, 6) is 0.320. The van der Waals surface area contributed by atoms with E-state index in [4.69, 9.17) is 16.3 Å². The van der Waals surface area contributed by atoms with Crippen LogP contribution in [0.1, 0.15) is 13.3 Å². The molecule has 2 atom stereocenters. The molecule has 8 heteroatoms. The van der Waals surface area contributed by atoms with Crippen molar-refractivity contribution in [1.29, 1.82) is 0 Å². The SMILES string of the molecule is CNCC1CCN(C(=O)C(C)Oc2ccc(Cl)cc2[N+](=O)[O-])C1. The Hall–Kier alpha value is -1.86. The highest BCUT2D eigenvalue weighted by Gasteiger charge is 2.30. The lowest BCUT2D eigenvalue weighted by Gasteiger charge is -2.21. The summed E-state index contributed by atoms with van der Waals surface area (Å²) >= 11 is 5.77. The Bertz CT molecular complexity index is 596. The number of hydrogen-bond acceptors (Lipinski definition) is 5. The number of benzene rings is 1. The van der Waals surface area contributed by atoms with Gasteiger partial charge in [0.2, 0.25) is 0 Å². The molecule has 7 nitrogen and oxygen atoms in total. The molecular formula is C15H20ClN3O4. The van der Waals surface area contributed by atoms with E-state index in [0.717, 1.165) is 13.0 Å². The molecule has 1 aliphatic rings. The number of likely N-dealkylation sites (tertiary alicyclic amines) is 1. The van der Waals surface area contributed by atoms with Gasteiger partial charge >= 0.3 is 5.69 Å². The van der Waals surface area contributed by atoms with E-state index in [-0.39, 0.29) is 22.4 Å². The van der Waals surface area contributed by atoms with E-state index in [9.17, 15) is 14.9 Å². The van der Waals surface area contributed by atoms with Crippen LogP contribution in [0.4, 0.5) is 5.69 Å². The zero-order chi connectivity index (χ0) is 17.0. The van der Waals surface area contributed by atoms with E-state index < -0.39 is 11.0 Å². The zero-order valence-electron chi connectivity index (χ0n) is 13.1. The van der Waals surface area contributed by atoms with Crippen molar-refractivity contribution in [3.8, 4) is 5.75 Å². The van der Waals surface area contributed by atoms with Gasteiger partial charge in [0.05, 0.1) is 4.92 Å². The van der Waals surface area contributed by atoms with E-state index in [1.54, 1.807) is 11.8 Å². The van der Waals surface area contributed by atoms with Gasteiger partial charge in [-0.05, 0) is 45.0 Å². The molecule has 1 N–H and O–H groups in total. The summed E-state index contributed by atoms with van der Waals surface area (Å²) in [6, 6.07) is 4.13. The van der Waals surface area contributed by atoms with Crippen LogP contribution in [-0.2, 0) is 4.79 Å². The van der Waals surface area contributed by atoms with Crippen LogP contribution < -0.4 is 10.1 Å². The highest BCUT2D eigenvalue weighted by Crippen LogP contribution is 2.31. The predicted octanol–water partition coefficient (Wildman–Crippen LogP) is 2.08. The standard InChI is InChI=1S/C15H20ClN3O4/c1-10(15(20)18-6-5-11(9-18)8-17-2)23-14-4-3-12(16)7-13(14)19(21)22/h3-4,7,10-11,17H,5-6,8-9H2,1-2H3. The normalized spacial score (nSPS) is 18.7. The summed E-state index contributed by atoms with van der Waals surface area (Å²) < 4.78 is 5.52. The van der Waals surface area contributed by atoms with Gasteiger partial charge in [0.15, 0.2) is 11.9 Å². The van der Waals surface area contributed by atoms with Gasteiger partial charge in [0.25, 0.3) is 5.91 Å². The largest absolute Gasteiger partial charge is 0.474 e. The van der Waals surface area contributed by atoms with Gasteiger partial charge in [0.1, 0.15) is 0 Å². The Kier molecular flexibility index (Phi) is 5.79. The predicted molar refractivity (Wildman–Crippen MR) is 86.8 cm³/mol. The van der Waals surface area contributed by atoms with Gasteiger partial charge < -0.3 is 15.0 Å². The van der Waals surface area contributed by atoms with Gasteiger partial charge in [0, 0.05) is 24.2 Å². The first-order chi connectivity index (χ1) is 10.9. The lowest BCUT2D eigenvalue weighted by Crippen LogP contribution is -2.39. The molecule has 0 aliphatic carbocycles. The van der Waals surface area contributed by atoms with E-state index in [1.807, 2.05) is 7.05 Å². The highest BCUT2D eigenvalue weighted by molar-refractivity contribution is 6.30. The Labute approximate surface area is 139 Å². The summed E-state index contributed by atoms with van der Waals surface area (Å²) in [7, 11) is 1.88. The van der Waals surface area contributed by atoms with Crippen molar-refractivity contribution in [1.82, 2.24) is 10.2 Å². The molecule has 0 bridgehead atoms. The lowest BCUT2D eigenvalue weighted by molar-refractivity contribution is -0.386. The molecule has 1 amide bonds. The maximum atomic E-state index is 12.4. The number of carbonyl (C=O) groups is 1. The number of ether oxygens (including phenoxy) is 1. The summed E-state index contributed by atoms with van der Waals surface area (Å²) in [5.41, 5.74) is -0.244. The molecule has 1 fully saturated rings. The number of nitrogens with zero attached hydrogens (tertiary/aromatic N) is 2. The second-order valence-electron chi connectivity index (χ2n) is 5.63. The third-order valence-electron chi connectivity index (χ3n) is 3.86. The summed E-state index contributed by atoms with van der Waals surface area (Å²) in [5, 5.41) is 14.4.